The fraction of sp³-hybridized carbons (Fsp3) is 0.381. The molecule has 26 heavy (non-hydrogen) atoms. The molecule has 5 heteroatoms. The van der Waals surface area contributed by atoms with Crippen molar-refractivity contribution < 1.29 is 14.3 Å². The molecule has 2 aromatic rings. The molecular formula is C21H26N2O3. The lowest BCUT2D eigenvalue weighted by molar-refractivity contribution is -0.119. The highest BCUT2D eigenvalue weighted by Gasteiger charge is 2.28. The summed E-state index contributed by atoms with van der Waals surface area (Å²) in [5, 5.41) is 2.88. The first-order valence-corrected chi connectivity index (χ1v) is 9.06. The van der Waals surface area contributed by atoms with Crippen molar-refractivity contribution in [3.63, 3.8) is 0 Å². The molecule has 0 radical (unpaired) electrons. The van der Waals surface area contributed by atoms with Crippen LogP contribution in [0.1, 0.15) is 32.4 Å². The topological polar surface area (TPSA) is 50.8 Å². The molecule has 3 rings (SSSR count). The Morgan fingerprint density at radius 1 is 1.19 bits per heavy atom. The number of anilines is 1. The van der Waals surface area contributed by atoms with Gasteiger partial charge in [-0.05, 0) is 43.7 Å². The van der Waals surface area contributed by atoms with Crippen LogP contribution in [0.3, 0.4) is 0 Å². The second kappa shape index (κ2) is 8.13. The SMILES string of the molecule is CCOc1cccc(N2CC(Oc3ccc([C@H](C)NC(C)=O)cc3)C2)c1. The molecule has 1 saturated heterocycles. The largest absolute Gasteiger partial charge is 0.494 e. The number of amides is 1. The molecule has 1 aliphatic heterocycles. The molecule has 1 heterocycles. The van der Waals surface area contributed by atoms with Gasteiger partial charge in [0.2, 0.25) is 5.91 Å². The summed E-state index contributed by atoms with van der Waals surface area (Å²) in [7, 11) is 0. The number of carbonyl (C=O) groups is 1. The highest BCUT2D eigenvalue weighted by atomic mass is 16.5. The fourth-order valence-electron chi connectivity index (χ4n) is 3.08. The van der Waals surface area contributed by atoms with E-state index >= 15 is 0 Å². The maximum Gasteiger partial charge on any atom is 0.217 e. The van der Waals surface area contributed by atoms with Crippen LogP contribution in [-0.4, -0.2) is 31.7 Å². The minimum Gasteiger partial charge on any atom is -0.494 e. The quantitative estimate of drug-likeness (QED) is 0.826. The number of rotatable bonds is 7. The van der Waals surface area contributed by atoms with E-state index in [1.54, 1.807) is 0 Å². The molecular weight excluding hydrogens is 328 g/mol. The first kappa shape index (κ1) is 18.1. The number of carbonyl (C=O) groups excluding carboxylic acids is 1. The lowest BCUT2D eigenvalue weighted by Gasteiger charge is -2.40. The molecule has 2 aromatic carbocycles. The van der Waals surface area contributed by atoms with Crippen molar-refractivity contribution in [2.75, 3.05) is 24.6 Å². The van der Waals surface area contributed by atoms with Gasteiger partial charge < -0.3 is 19.7 Å². The minimum atomic E-state index is -0.0270. The number of benzene rings is 2. The third-order valence-electron chi connectivity index (χ3n) is 4.44. The van der Waals surface area contributed by atoms with Crippen LogP contribution >= 0.6 is 0 Å². The van der Waals surface area contributed by atoms with Crippen molar-refractivity contribution in [3.05, 3.63) is 54.1 Å². The molecule has 0 bridgehead atoms. The molecule has 0 unspecified atom stereocenters. The summed E-state index contributed by atoms with van der Waals surface area (Å²) in [6.07, 6.45) is 0.185. The summed E-state index contributed by atoms with van der Waals surface area (Å²) in [6, 6.07) is 16.1. The Balaban J connectivity index is 1.51. The number of hydrogen-bond acceptors (Lipinski definition) is 4. The molecule has 0 aromatic heterocycles. The van der Waals surface area contributed by atoms with E-state index in [2.05, 4.69) is 22.3 Å². The van der Waals surface area contributed by atoms with E-state index in [0.717, 1.165) is 35.8 Å². The lowest BCUT2D eigenvalue weighted by Crippen LogP contribution is -2.54. The van der Waals surface area contributed by atoms with Crippen molar-refractivity contribution in [1.29, 1.82) is 0 Å². The highest BCUT2D eigenvalue weighted by molar-refractivity contribution is 5.73. The van der Waals surface area contributed by atoms with Crippen LogP contribution < -0.4 is 19.7 Å². The predicted molar refractivity (Wildman–Crippen MR) is 103 cm³/mol. The van der Waals surface area contributed by atoms with Gasteiger partial charge in [-0.1, -0.05) is 18.2 Å². The second-order valence-electron chi connectivity index (χ2n) is 6.57. The zero-order chi connectivity index (χ0) is 18.5. The van der Waals surface area contributed by atoms with Crippen LogP contribution in [0.5, 0.6) is 11.5 Å². The second-order valence-corrected chi connectivity index (χ2v) is 6.57. The van der Waals surface area contributed by atoms with E-state index in [1.165, 1.54) is 6.92 Å². The van der Waals surface area contributed by atoms with Gasteiger partial charge in [0.15, 0.2) is 0 Å². The first-order chi connectivity index (χ1) is 12.5. The normalized spacial score (nSPS) is 15.1. The van der Waals surface area contributed by atoms with E-state index in [9.17, 15) is 4.79 Å². The molecule has 1 fully saturated rings. The fourth-order valence-corrected chi connectivity index (χ4v) is 3.08. The van der Waals surface area contributed by atoms with Crippen LogP contribution in [0.2, 0.25) is 0 Å². The van der Waals surface area contributed by atoms with Gasteiger partial charge in [-0.15, -0.1) is 0 Å². The van der Waals surface area contributed by atoms with Gasteiger partial charge in [0.25, 0.3) is 0 Å². The summed E-state index contributed by atoms with van der Waals surface area (Å²) in [6.45, 7) is 7.88. The predicted octanol–water partition coefficient (Wildman–Crippen LogP) is 3.55. The van der Waals surface area contributed by atoms with Crippen LogP contribution in [0.15, 0.2) is 48.5 Å². The van der Waals surface area contributed by atoms with E-state index in [4.69, 9.17) is 9.47 Å². The van der Waals surface area contributed by atoms with E-state index in [1.807, 2.05) is 50.2 Å². The van der Waals surface area contributed by atoms with Crippen molar-refractivity contribution >= 4 is 11.6 Å². The average Bonchev–Trinajstić information content (AvgIpc) is 2.58. The maximum atomic E-state index is 11.1. The Morgan fingerprint density at radius 3 is 2.58 bits per heavy atom. The Kier molecular flexibility index (Phi) is 5.66. The lowest BCUT2D eigenvalue weighted by atomic mass is 10.1. The van der Waals surface area contributed by atoms with Gasteiger partial charge in [-0.2, -0.15) is 0 Å². The van der Waals surface area contributed by atoms with Crippen molar-refractivity contribution in [2.24, 2.45) is 0 Å². The minimum absolute atomic E-state index is 0.00152. The standard InChI is InChI=1S/C21H26N2O3/c1-4-25-20-7-5-6-18(12-20)23-13-21(14-23)26-19-10-8-17(9-11-19)15(2)22-16(3)24/h5-12,15,21H,4,13-14H2,1-3H3,(H,22,24)/t15-/m0/s1. The smallest absolute Gasteiger partial charge is 0.217 e. The highest BCUT2D eigenvalue weighted by Crippen LogP contribution is 2.27. The van der Waals surface area contributed by atoms with E-state index in [0.29, 0.717) is 6.61 Å². The average molecular weight is 354 g/mol. The molecule has 0 spiro atoms. The maximum absolute atomic E-state index is 11.1. The van der Waals surface area contributed by atoms with Crippen LogP contribution in [0.4, 0.5) is 5.69 Å². The molecule has 1 atom stereocenters. The van der Waals surface area contributed by atoms with Gasteiger partial charge in [0, 0.05) is 18.7 Å². The Labute approximate surface area is 154 Å². The van der Waals surface area contributed by atoms with E-state index in [-0.39, 0.29) is 18.1 Å². The molecule has 1 aliphatic rings. The molecule has 0 aliphatic carbocycles. The molecule has 1 N–H and O–H groups in total. The van der Waals surface area contributed by atoms with Gasteiger partial charge in [0.05, 0.1) is 25.7 Å². The van der Waals surface area contributed by atoms with Crippen LogP contribution in [0, 0.1) is 0 Å². The van der Waals surface area contributed by atoms with Crippen molar-refractivity contribution in [1.82, 2.24) is 5.32 Å². The molecule has 5 nitrogen and oxygen atoms in total. The van der Waals surface area contributed by atoms with Crippen molar-refractivity contribution in [3.8, 4) is 11.5 Å². The summed E-state index contributed by atoms with van der Waals surface area (Å²) in [4.78, 5) is 13.4. The monoisotopic (exact) mass is 354 g/mol. The van der Waals surface area contributed by atoms with Gasteiger partial charge >= 0.3 is 0 Å². The summed E-state index contributed by atoms with van der Waals surface area (Å²) < 4.78 is 11.6. The van der Waals surface area contributed by atoms with Gasteiger partial charge in [0.1, 0.15) is 17.6 Å². The molecule has 1 amide bonds. The third-order valence-corrected chi connectivity index (χ3v) is 4.44. The molecule has 0 saturated carbocycles. The Hall–Kier alpha value is -2.69. The van der Waals surface area contributed by atoms with Gasteiger partial charge in [-0.25, -0.2) is 0 Å². The number of hydrogen-bond donors (Lipinski definition) is 1. The third kappa shape index (κ3) is 4.48. The van der Waals surface area contributed by atoms with E-state index < -0.39 is 0 Å². The summed E-state index contributed by atoms with van der Waals surface area (Å²) in [5.74, 6) is 1.73. The number of ether oxygens (including phenoxy) is 2. The Bertz CT molecular complexity index is 739. The van der Waals surface area contributed by atoms with Gasteiger partial charge in [-0.3, -0.25) is 4.79 Å². The van der Waals surface area contributed by atoms with Crippen LogP contribution in [0.25, 0.3) is 0 Å². The first-order valence-electron chi connectivity index (χ1n) is 9.06. The summed E-state index contributed by atoms with van der Waals surface area (Å²) >= 11 is 0. The van der Waals surface area contributed by atoms with Crippen LogP contribution in [-0.2, 0) is 4.79 Å². The Morgan fingerprint density at radius 2 is 1.92 bits per heavy atom. The number of nitrogens with zero attached hydrogens (tertiary/aromatic N) is 1. The molecule has 138 valence electrons. The number of nitrogens with one attached hydrogen (secondary N) is 1. The van der Waals surface area contributed by atoms with Crippen molar-refractivity contribution in [2.45, 2.75) is 32.9 Å². The summed E-state index contributed by atoms with van der Waals surface area (Å²) in [5.41, 5.74) is 2.23. The zero-order valence-electron chi connectivity index (χ0n) is 15.6. The zero-order valence-corrected chi connectivity index (χ0v) is 15.6.